The summed E-state index contributed by atoms with van der Waals surface area (Å²) in [5, 5.41) is 12.3. The maximum Gasteiger partial charge on any atom is 0.258 e. The standard InChI is InChI=1S/C23H30N6O/c1-17-5-7-29(8-6-17)22-13-19(28-11-9-27(2)10-12-28)3-4-21(22)26-23(30)20-16-25-15-18(20)14-24/h3-4,13,15-17,25H,5-12H2,1-2H3,(H,26,30). The molecule has 1 aromatic carbocycles. The number of benzene rings is 1. The van der Waals surface area contributed by atoms with E-state index in [1.165, 1.54) is 5.69 Å². The van der Waals surface area contributed by atoms with E-state index in [0.717, 1.165) is 69.4 Å². The first-order chi connectivity index (χ1) is 14.5. The van der Waals surface area contributed by atoms with Crippen LogP contribution in [-0.2, 0) is 0 Å². The van der Waals surface area contributed by atoms with Crippen LogP contribution in [0.4, 0.5) is 17.1 Å². The number of rotatable bonds is 4. The van der Waals surface area contributed by atoms with Gasteiger partial charge in [-0.1, -0.05) is 6.92 Å². The summed E-state index contributed by atoms with van der Waals surface area (Å²) >= 11 is 0. The van der Waals surface area contributed by atoms with E-state index in [0.29, 0.717) is 11.1 Å². The van der Waals surface area contributed by atoms with E-state index in [-0.39, 0.29) is 5.91 Å². The van der Waals surface area contributed by atoms with Crippen LogP contribution in [0.3, 0.4) is 0 Å². The number of amides is 1. The molecule has 4 rings (SSSR count). The maximum atomic E-state index is 12.8. The van der Waals surface area contributed by atoms with Gasteiger partial charge in [0, 0.05) is 57.3 Å². The predicted molar refractivity (Wildman–Crippen MR) is 120 cm³/mol. The summed E-state index contributed by atoms with van der Waals surface area (Å²) in [6, 6.07) is 8.40. The number of carbonyl (C=O) groups excluding carboxylic acids is 1. The molecule has 2 saturated heterocycles. The van der Waals surface area contributed by atoms with Crippen molar-refractivity contribution >= 4 is 23.0 Å². The SMILES string of the molecule is CC1CCN(c2cc(N3CCN(C)CC3)ccc2NC(=O)c2c[nH]cc2C#N)CC1. The molecular formula is C23H30N6O. The Hall–Kier alpha value is -2.98. The fourth-order valence-corrected chi connectivity index (χ4v) is 4.23. The quantitative estimate of drug-likeness (QED) is 0.816. The van der Waals surface area contributed by atoms with E-state index in [2.05, 4.69) is 57.2 Å². The van der Waals surface area contributed by atoms with Crippen molar-refractivity contribution in [2.45, 2.75) is 19.8 Å². The van der Waals surface area contributed by atoms with Crippen molar-refractivity contribution < 1.29 is 4.79 Å². The third-order valence-electron chi connectivity index (χ3n) is 6.33. The van der Waals surface area contributed by atoms with Crippen LogP contribution in [0.2, 0.25) is 0 Å². The molecule has 0 aliphatic carbocycles. The summed E-state index contributed by atoms with van der Waals surface area (Å²) in [6.07, 6.45) is 5.44. The van der Waals surface area contributed by atoms with Crippen molar-refractivity contribution in [2.75, 3.05) is 61.4 Å². The van der Waals surface area contributed by atoms with Gasteiger partial charge in [0.15, 0.2) is 0 Å². The molecule has 2 aliphatic rings. The number of aromatic amines is 1. The van der Waals surface area contributed by atoms with Crippen LogP contribution < -0.4 is 15.1 Å². The third kappa shape index (κ3) is 4.29. The largest absolute Gasteiger partial charge is 0.370 e. The Morgan fingerprint density at radius 3 is 2.53 bits per heavy atom. The predicted octanol–water partition coefficient (Wildman–Crippen LogP) is 3.13. The van der Waals surface area contributed by atoms with E-state index in [1.54, 1.807) is 12.4 Å². The van der Waals surface area contributed by atoms with Crippen molar-refractivity contribution in [3.63, 3.8) is 0 Å². The summed E-state index contributed by atoms with van der Waals surface area (Å²) in [4.78, 5) is 22.9. The highest BCUT2D eigenvalue weighted by Gasteiger charge is 2.23. The number of H-pyrrole nitrogens is 1. The molecule has 2 aliphatic heterocycles. The number of piperidine rings is 1. The van der Waals surface area contributed by atoms with Gasteiger partial charge in [-0.25, -0.2) is 0 Å². The van der Waals surface area contributed by atoms with Gasteiger partial charge < -0.3 is 25.0 Å². The van der Waals surface area contributed by atoms with E-state index < -0.39 is 0 Å². The van der Waals surface area contributed by atoms with Crippen molar-refractivity contribution in [2.24, 2.45) is 5.92 Å². The summed E-state index contributed by atoms with van der Waals surface area (Å²) < 4.78 is 0. The smallest absolute Gasteiger partial charge is 0.258 e. The Kier molecular flexibility index (Phi) is 5.96. The number of nitrogens with one attached hydrogen (secondary N) is 2. The summed E-state index contributed by atoms with van der Waals surface area (Å²) in [5.41, 5.74) is 3.81. The second-order valence-corrected chi connectivity index (χ2v) is 8.51. The van der Waals surface area contributed by atoms with Gasteiger partial charge in [-0.2, -0.15) is 5.26 Å². The lowest BCUT2D eigenvalue weighted by Gasteiger charge is -2.37. The first kappa shape index (κ1) is 20.3. The molecule has 2 aromatic rings. The molecule has 2 fully saturated rings. The van der Waals surface area contributed by atoms with Gasteiger partial charge in [0.25, 0.3) is 5.91 Å². The lowest BCUT2D eigenvalue weighted by molar-refractivity contribution is 0.102. The minimum absolute atomic E-state index is 0.258. The molecule has 2 N–H and O–H groups in total. The molecule has 0 saturated carbocycles. The number of hydrogen-bond acceptors (Lipinski definition) is 5. The highest BCUT2D eigenvalue weighted by atomic mass is 16.1. The average molecular weight is 407 g/mol. The molecule has 158 valence electrons. The molecule has 1 aromatic heterocycles. The van der Waals surface area contributed by atoms with Gasteiger partial charge >= 0.3 is 0 Å². The number of anilines is 3. The summed E-state index contributed by atoms with van der Waals surface area (Å²) in [5.74, 6) is 0.477. The average Bonchev–Trinajstić information content (AvgIpc) is 3.24. The van der Waals surface area contributed by atoms with E-state index >= 15 is 0 Å². The highest BCUT2D eigenvalue weighted by Crippen LogP contribution is 2.34. The molecule has 0 atom stereocenters. The number of nitriles is 1. The molecule has 1 amide bonds. The fraction of sp³-hybridized carbons (Fsp3) is 0.478. The van der Waals surface area contributed by atoms with Crippen LogP contribution in [0.1, 0.15) is 35.7 Å². The van der Waals surface area contributed by atoms with Crippen LogP contribution in [0.25, 0.3) is 0 Å². The zero-order valence-electron chi connectivity index (χ0n) is 17.8. The zero-order valence-corrected chi connectivity index (χ0v) is 17.8. The van der Waals surface area contributed by atoms with Crippen molar-refractivity contribution in [3.8, 4) is 6.07 Å². The summed E-state index contributed by atoms with van der Waals surface area (Å²) in [6.45, 7) is 8.41. The normalized spacial score (nSPS) is 18.3. The van der Waals surface area contributed by atoms with Crippen LogP contribution in [0.5, 0.6) is 0 Å². The number of hydrogen-bond donors (Lipinski definition) is 2. The fourth-order valence-electron chi connectivity index (χ4n) is 4.23. The van der Waals surface area contributed by atoms with Gasteiger partial charge in [0.2, 0.25) is 0 Å². The van der Waals surface area contributed by atoms with Gasteiger partial charge in [-0.15, -0.1) is 0 Å². The minimum atomic E-state index is -0.258. The van der Waals surface area contributed by atoms with E-state index in [9.17, 15) is 10.1 Å². The number of piperazine rings is 1. The molecular weight excluding hydrogens is 376 g/mol. The topological polar surface area (TPSA) is 78.4 Å². The van der Waals surface area contributed by atoms with Crippen molar-refractivity contribution in [1.82, 2.24) is 9.88 Å². The van der Waals surface area contributed by atoms with Crippen LogP contribution in [0.15, 0.2) is 30.6 Å². The molecule has 30 heavy (non-hydrogen) atoms. The molecule has 7 nitrogen and oxygen atoms in total. The number of carbonyl (C=O) groups is 1. The minimum Gasteiger partial charge on any atom is -0.370 e. The Bertz CT molecular complexity index is 929. The second kappa shape index (κ2) is 8.80. The maximum absolute atomic E-state index is 12.8. The molecule has 7 heteroatoms. The molecule has 3 heterocycles. The molecule has 0 radical (unpaired) electrons. The third-order valence-corrected chi connectivity index (χ3v) is 6.33. The van der Waals surface area contributed by atoms with Gasteiger partial charge in [-0.05, 0) is 44.0 Å². The number of aromatic nitrogens is 1. The number of nitrogens with zero attached hydrogens (tertiary/aromatic N) is 4. The Morgan fingerprint density at radius 1 is 1.10 bits per heavy atom. The van der Waals surface area contributed by atoms with Gasteiger partial charge in [0.05, 0.1) is 22.5 Å². The Morgan fingerprint density at radius 2 is 1.83 bits per heavy atom. The van der Waals surface area contributed by atoms with Crippen LogP contribution in [0, 0.1) is 17.2 Å². The number of likely N-dealkylation sites (N-methyl/N-ethyl adjacent to an activating group) is 1. The summed E-state index contributed by atoms with van der Waals surface area (Å²) in [7, 11) is 2.16. The zero-order chi connectivity index (χ0) is 21.1. The van der Waals surface area contributed by atoms with Crippen LogP contribution in [-0.4, -0.2) is 62.1 Å². The monoisotopic (exact) mass is 406 g/mol. The van der Waals surface area contributed by atoms with E-state index in [1.807, 2.05) is 6.07 Å². The van der Waals surface area contributed by atoms with Gasteiger partial charge in [0.1, 0.15) is 6.07 Å². The van der Waals surface area contributed by atoms with E-state index in [4.69, 9.17) is 0 Å². The van der Waals surface area contributed by atoms with Gasteiger partial charge in [-0.3, -0.25) is 4.79 Å². The lowest BCUT2D eigenvalue weighted by Crippen LogP contribution is -2.44. The molecule has 0 bridgehead atoms. The van der Waals surface area contributed by atoms with Crippen molar-refractivity contribution in [1.29, 1.82) is 5.26 Å². The highest BCUT2D eigenvalue weighted by molar-refractivity contribution is 6.07. The first-order valence-electron chi connectivity index (χ1n) is 10.8. The lowest BCUT2D eigenvalue weighted by atomic mass is 9.98. The van der Waals surface area contributed by atoms with Crippen molar-refractivity contribution in [3.05, 3.63) is 41.7 Å². The first-order valence-corrected chi connectivity index (χ1v) is 10.8. The Labute approximate surface area is 178 Å². The van der Waals surface area contributed by atoms with Crippen LogP contribution >= 0.6 is 0 Å². The second-order valence-electron chi connectivity index (χ2n) is 8.51. The Balaban J connectivity index is 1.61. The molecule has 0 spiro atoms. The molecule has 0 unspecified atom stereocenters.